The molecule has 0 atom stereocenters. The number of nitrogens with two attached hydrogens (primary N) is 1. The van der Waals surface area contributed by atoms with Crippen molar-refractivity contribution in [3.05, 3.63) is 18.5 Å². The predicted molar refractivity (Wildman–Crippen MR) is 80.6 cm³/mol. The van der Waals surface area contributed by atoms with Crippen LogP contribution in [0.15, 0.2) is 18.5 Å². The molecule has 0 unspecified atom stereocenters. The van der Waals surface area contributed by atoms with Gasteiger partial charge in [0, 0.05) is 43.6 Å². The zero-order valence-electron chi connectivity index (χ0n) is 12.0. The minimum Gasteiger partial charge on any atom is -0.341 e. The summed E-state index contributed by atoms with van der Waals surface area (Å²) >= 11 is 0. The fourth-order valence-corrected chi connectivity index (χ4v) is 3.32. The zero-order chi connectivity index (χ0) is 13.8. The minimum absolute atomic E-state index is 0.435. The zero-order valence-corrected chi connectivity index (χ0v) is 12.0. The third-order valence-electron chi connectivity index (χ3n) is 4.57. The molecule has 1 aliphatic carbocycles. The normalized spacial score (nSPS) is 28.6. The van der Waals surface area contributed by atoms with E-state index in [1.54, 1.807) is 0 Å². The second-order valence-electron chi connectivity index (χ2n) is 6.09. The lowest BCUT2D eigenvalue weighted by Gasteiger charge is -2.36. The van der Waals surface area contributed by atoms with E-state index in [0.717, 1.165) is 19.0 Å². The molecule has 2 heterocycles. The van der Waals surface area contributed by atoms with Gasteiger partial charge in [-0.15, -0.1) is 0 Å². The van der Waals surface area contributed by atoms with E-state index in [4.69, 9.17) is 5.73 Å². The minimum atomic E-state index is 0.435. The number of aromatic nitrogens is 2. The van der Waals surface area contributed by atoms with E-state index in [9.17, 15) is 0 Å². The molecule has 2 aliphatic rings. The molecular formula is C15H25N5. The Kier molecular flexibility index (Phi) is 4.47. The molecular weight excluding hydrogens is 250 g/mol. The van der Waals surface area contributed by atoms with Crippen LogP contribution in [0.4, 0.5) is 5.95 Å². The molecule has 0 spiro atoms. The second-order valence-corrected chi connectivity index (χ2v) is 6.09. The average molecular weight is 275 g/mol. The van der Waals surface area contributed by atoms with E-state index in [1.807, 2.05) is 18.5 Å². The van der Waals surface area contributed by atoms with E-state index in [0.29, 0.717) is 18.1 Å². The SMILES string of the molecule is NC1CCC(NC2CCN(c3ncccn3)CC2)CC1. The third-order valence-corrected chi connectivity index (χ3v) is 4.57. The van der Waals surface area contributed by atoms with Crippen LogP contribution in [0.2, 0.25) is 0 Å². The van der Waals surface area contributed by atoms with Crippen molar-refractivity contribution in [2.75, 3.05) is 18.0 Å². The standard InChI is InChI=1S/C15H25N5/c16-12-2-4-13(5-3-12)19-14-6-10-20(11-7-14)15-17-8-1-9-18-15/h1,8-9,12-14,19H,2-7,10-11,16H2. The van der Waals surface area contributed by atoms with Crippen LogP contribution in [0.1, 0.15) is 38.5 Å². The van der Waals surface area contributed by atoms with Crippen molar-refractivity contribution >= 4 is 5.95 Å². The summed E-state index contributed by atoms with van der Waals surface area (Å²) in [6.45, 7) is 2.10. The smallest absolute Gasteiger partial charge is 0.225 e. The van der Waals surface area contributed by atoms with E-state index in [-0.39, 0.29) is 0 Å². The molecule has 20 heavy (non-hydrogen) atoms. The highest BCUT2D eigenvalue weighted by Crippen LogP contribution is 2.20. The number of hydrogen-bond acceptors (Lipinski definition) is 5. The van der Waals surface area contributed by atoms with Gasteiger partial charge in [0.05, 0.1) is 0 Å². The van der Waals surface area contributed by atoms with Crippen LogP contribution in [0.25, 0.3) is 0 Å². The molecule has 0 aromatic carbocycles. The number of anilines is 1. The summed E-state index contributed by atoms with van der Waals surface area (Å²) in [6, 6.07) is 3.63. The molecule has 3 rings (SSSR count). The summed E-state index contributed by atoms with van der Waals surface area (Å²) in [4.78, 5) is 11.0. The van der Waals surface area contributed by atoms with Gasteiger partial charge in [-0.05, 0) is 44.6 Å². The van der Waals surface area contributed by atoms with E-state index < -0.39 is 0 Å². The summed E-state index contributed by atoms with van der Waals surface area (Å²) in [5.74, 6) is 0.870. The van der Waals surface area contributed by atoms with E-state index >= 15 is 0 Å². The molecule has 2 fully saturated rings. The molecule has 0 bridgehead atoms. The van der Waals surface area contributed by atoms with Crippen molar-refractivity contribution < 1.29 is 0 Å². The lowest BCUT2D eigenvalue weighted by atomic mass is 9.90. The maximum absolute atomic E-state index is 5.96. The van der Waals surface area contributed by atoms with Crippen LogP contribution in [-0.4, -0.2) is 41.2 Å². The lowest BCUT2D eigenvalue weighted by Crippen LogP contribution is -2.48. The second kappa shape index (κ2) is 6.50. The summed E-state index contributed by atoms with van der Waals surface area (Å²) in [6.07, 6.45) is 10.8. The predicted octanol–water partition coefficient (Wildman–Crippen LogP) is 1.30. The third kappa shape index (κ3) is 3.46. The Hall–Kier alpha value is -1.20. The summed E-state index contributed by atoms with van der Waals surface area (Å²) in [7, 11) is 0. The molecule has 0 radical (unpaired) electrons. The Bertz CT molecular complexity index is 394. The molecule has 5 heteroatoms. The lowest BCUT2D eigenvalue weighted by molar-refractivity contribution is 0.291. The first-order chi connectivity index (χ1) is 9.81. The number of nitrogens with one attached hydrogen (secondary N) is 1. The van der Waals surface area contributed by atoms with Crippen molar-refractivity contribution in [1.29, 1.82) is 0 Å². The first-order valence-corrected chi connectivity index (χ1v) is 7.85. The number of hydrogen-bond donors (Lipinski definition) is 2. The molecule has 1 aromatic heterocycles. The Morgan fingerprint density at radius 2 is 1.55 bits per heavy atom. The molecule has 1 aromatic rings. The fraction of sp³-hybridized carbons (Fsp3) is 0.733. The first-order valence-electron chi connectivity index (χ1n) is 7.85. The van der Waals surface area contributed by atoms with Gasteiger partial charge in [-0.2, -0.15) is 0 Å². The Morgan fingerprint density at radius 3 is 2.20 bits per heavy atom. The van der Waals surface area contributed by atoms with Crippen LogP contribution in [0.5, 0.6) is 0 Å². The Labute approximate surface area is 121 Å². The molecule has 1 saturated carbocycles. The molecule has 1 saturated heterocycles. The largest absolute Gasteiger partial charge is 0.341 e. The van der Waals surface area contributed by atoms with Crippen molar-refractivity contribution in [3.8, 4) is 0 Å². The van der Waals surface area contributed by atoms with Gasteiger partial charge in [0.25, 0.3) is 0 Å². The van der Waals surface area contributed by atoms with Gasteiger partial charge >= 0.3 is 0 Å². The van der Waals surface area contributed by atoms with Crippen molar-refractivity contribution in [1.82, 2.24) is 15.3 Å². The Morgan fingerprint density at radius 1 is 0.950 bits per heavy atom. The topological polar surface area (TPSA) is 67.1 Å². The average Bonchev–Trinajstić information content (AvgIpc) is 2.51. The molecule has 5 nitrogen and oxygen atoms in total. The highest BCUT2D eigenvalue weighted by atomic mass is 15.3. The maximum atomic E-state index is 5.96. The number of piperidine rings is 1. The maximum Gasteiger partial charge on any atom is 0.225 e. The number of nitrogens with zero attached hydrogens (tertiary/aromatic N) is 3. The molecule has 1 aliphatic heterocycles. The van der Waals surface area contributed by atoms with Gasteiger partial charge in [-0.25, -0.2) is 9.97 Å². The van der Waals surface area contributed by atoms with Crippen LogP contribution in [-0.2, 0) is 0 Å². The van der Waals surface area contributed by atoms with Crippen molar-refractivity contribution in [2.45, 2.75) is 56.7 Å². The van der Waals surface area contributed by atoms with Crippen molar-refractivity contribution in [2.24, 2.45) is 5.73 Å². The van der Waals surface area contributed by atoms with Gasteiger partial charge in [0.2, 0.25) is 5.95 Å². The van der Waals surface area contributed by atoms with E-state index in [1.165, 1.54) is 38.5 Å². The molecule has 0 amide bonds. The monoisotopic (exact) mass is 275 g/mol. The Balaban J connectivity index is 1.44. The summed E-state index contributed by atoms with van der Waals surface area (Å²) < 4.78 is 0. The summed E-state index contributed by atoms with van der Waals surface area (Å²) in [5.41, 5.74) is 5.96. The van der Waals surface area contributed by atoms with Crippen molar-refractivity contribution in [3.63, 3.8) is 0 Å². The molecule has 3 N–H and O–H groups in total. The number of rotatable bonds is 3. The van der Waals surface area contributed by atoms with Gasteiger partial charge in [0.15, 0.2) is 0 Å². The van der Waals surface area contributed by atoms with Crippen LogP contribution in [0.3, 0.4) is 0 Å². The van der Waals surface area contributed by atoms with Gasteiger partial charge < -0.3 is 16.0 Å². The highest BCUT2D eigenvalue weighted by Gasteiger charge is 2.25. The van der Waals surface area contributed by atoms with Crippen LogP contribution >= 0.6 is 0 Å². The molecule has 110 valence electrons. The van der Waals surface area contributed by atoms with Crippen LogP contribution < -0.4 is 16.0 Å². The fourth-order valence-electron chi connectivity index (χ4n) is 3.32. The van der Waals surface area contributed by atoms with Gasteiger partial charge in [0.1, 0.15) is 0 Å². The quantitative estimate of drug-likeness (QED) is 0.870. The van der Waals surface area contributed by atoms with Gasteiger partial charge in [-0.1, -0.05) is 0 Å². The van der Waals surface area contributed by atoms with E-state index in [2.05, 4.69) is 20.2 Å². The highest BCUT2D eigenvalue weighted by molar-refractivity contribution is 5.29. The van der Waals surface area contributed by atoms with Gasteiger partial charge in [-0.3, -0.25) is 0 Å². The van der Waals surface area contributed by atoms with Crippen LogP contribution in [0, 0.1) is 0 Å². The first kappa shape index (κ1) is 13.8. The summed E-state index contributed by atoms with van der Waals surface area (Å²) in [5, 5.41) is 3.83.